The Morgan fingerprint density at radius 2 is 1.04 bits per heavy atom. The van der Waals surface area contributed by atoms with Crippen molar-refractivity contribution in [2.75, 3.05) is 6.73 Å². The maximum Gasteiger partial charge on any atom is 0.338 e. The molecular formula is C42H45N3O10. The highest BCUT2D eigenvalue weighted by atomic mass is 16.8. The van der Waals surface area contributed by atoms with Crippen LogP contribution in [0.15, 0.2) is 126 Å². The van der Waals surface area contributed by atoms with Crippen LogP contribution in [0, 0.1) is 5.92 Å². The third-order valence-corrected chi connectivity index (χ3v) is 9.54. The van der Waals surface area contributed by atoms with Crippen molar-refractivity contribution in [1.29, 1.82) is 0 Å². The van der Waals surface area contributed by atoms with Crippen LogP contribution >= 0.6 is 0 Å². The highest BCUT2D eigenvalue weighted by molar-refractivity contribution is 5.90. The van der Waals surface area contributed by atoms with Gasteiger partial charge in [0.2, 0.25) is 0 Å². The molecule has 0 radical (unpaired) electrons. The number of nitrogens with zero attached hydrogens (tertiary/aromatic N) is 3. The topological polar surface area (TPSA) is 157 Å². The van der Waals surface area contributed by atoms with E-state index in [1.54, 1.807) is 67.6 Å². The molecule has 288 valence electrons. The quantitative estimate of drug-likeness (QED) is 0.0519. The Hall–Kier alpha value is -5.11. The van der Waals surface area contributed by atoms with Gasteiger partial charge in [0.1, 0.15) is 18.9 Å². The highest BCUT2D eigenvalue weighted by Gasteiger charge is 2.53. The van der Waals surface area contributed by atoms with Crippen LogP contribution in [0.5, 0.6) is 0 Å². The van der Waals surface area contributed by atoms with E-state index in [2.05, 4.69) is 10.0 Å². The molecule has 0 aliphatic carbocycles. The number of carbonyl (C=O) groups is 2. The monoisotopic (exact) mass is 751 g/mol. The van der Waals surface area contributed by atoms with Crippen molar-refractivity contribution in [1.82, 2.24) is 0 Å². The summed E-state index contributed by atoms with van der Waals surface area (Å²) < 4.78 is 50.7. The fraction of sp³-hybridized carbons (Fsp3) is 0.381. The molecule has 2 aliphatic rings. The zero-order chi connectivity index (χ0) is 38.6. The first-order valence-electron chi connectivity index (χ1n) is 18.2. The van der Waals surface area contributed by atoms with E-state index in [0.717, 1.165) is 11.1 Å². The van der Waals surface area contributed by atoms with Crippen molar-refractivity contribution >= 4 is 11.9 Å². The van der Waals surface area contributed by atoms with Gasteiger partial charge in [-0.05, 0) is 54.8 Å². The zero-order valence-electron chi connectivity index (χ0n) is 30.9. The molecule has 6 rings (SSSR count). The van der Waals surface area contributed by atoms with Crippen molar-refractivity contribution in [2.45, 2.75) is 89.3 Å². The molecule has 13 heteroatoms. The van der Waals surface area contributed by atoms with Crippen molar-refractivity contribution in [3.63, 3.8) is 0 Å². The van der Waals surface area contributed by atoms with E-state index in [1.165, 1.54) is 0 Å². The van der Waals surface area contributed by atoms with E-state index in [-0.39, 0.29) is 5.56 Å². The van der Waals surface area contributed by atoms with Gasteiger partial charge in [0.15, 0.2) is 24.8 Å². The van der Waals surface area contributed by atoms with Crippen molar-refractivity contribution in [2.24, 2.45) is 11.0 Å². The van der Waals surface area contributed by atoms with Crippen LogP contribution < -0.4 is 0 Å². The van der Waals surface area contributed by atoms with Crippen molar-refractivity contribution in [3.8, 4) is 0 Å². The molecule has 4 aromatic rings. The summed E-state index contributed by atoms with van der Waals surface area (Å²) in [5.41, 5.74) is 11.5. The maximum absolute atomic E-state index is 13.6. The molecule has 0 saturated carbocycles. The Morgan fingerprint density at radius 1 is 0.582 bits per heavy atom. The fourth-order valence-corrected chi connectivity index (χ4v) is 6.67. The molecular weight excluding hydrogens is 706 g/mol. The number of rotatable bonds is 15. The molecule has 10 unspecified atom stereocenters. The lowest BCUT2D eigenvalue weighted by atomic mass is 9.91. The summed E-state index contributed by atoms with van der Waals surface area (Å²) in [6.45, 7) is 5.70. The van der Waals surface area contributed by atoms with Crippen LogP contribution in [0.1, 0.15) is 52.6 Å². The number of carbonyl (C=O) groups excluding carboxylic acids is 2. The first-order chi connectivity index (χ1) is 26.8. The van der Waals surface area contributed by atoms with Crippen molar-refractivity contribution in [3.05, 3.63) is 154 Å². The summed E-state index contributed by atoms with van der Waals surface area (Å²) in [5, 5.41) is 3.49. The summed E-state index contributed by atoms with van der Waals surface area (Å²) >= 11 is 0. The third-order valence-electron chi connectivity index (χ3n) is 9.54. The zero-order valence-corrected chi connectivity index (χ0v) is 30.9. The largest absolute Gasteiger partial charge is 0.453 e. The number of benzene rings is 4. The van der Waals surface area contributed by atoms with Crippen LogP contribution in [-0.4, -0.2) is 74.0 Å². The summed E-state index contributed by atoms with van der Waals surface area (Å²) in [4.78, 5) is 30.0. The SMILES string of the molecule is CC1OC(OC2C(OC(=O)c3ccccc3)C(C)OC(OCN=[N+]=[N-])C2OC(=O)c2ccccc2)C(C)C(OCc2ccccc2)C1OCc1ccccc1. The molecule has 0 amide bonds. The first kappa shape index (κ1) is 39.6. The molecule has 2 aliphatic heterocycles. The number of azide groups is 1. The number of hydrogen-bond acceptors (Lipinski definition) is 11. The Labute approximate surface area is 320 Å². The van der Waals surface area contributed by atoms with Gasteiger partial charge < -0.3 is 37.9 Å². The predicted molar refractivity (Wildman–Crippen MR) is 199 cm³/mol. The molecule has 0 N–H and O–H groups in total. The minimum absolute atomic E-state index is 0.259. The van der Waals surface area contributed by atoms with Gasteiger partial charge >= 0.3 is 11.9 Å². The smallest absolute Gasteiger partial charge is 0.338 e. The highest BCUT2D eigenvalue weighted by Crippen LogP contribution is 2.37. The normalized spacial score (nSPS) is 27.7. The van der Waals surface area contributed by atoms with Crippen LogP contribution in [-0.2, 0) is 51.1 Å². The van der Waals surface area contributed by atoms with Gasteiger partial charge in [-0.2, -0.15) is 0 Å². The average Bonchev–Trinajstić information content (AvgIpc) is 3.22. The van der Waals surface area contributed by atoms with Gasteiger partial charge in [-0.25, -0.2) is 9.59 Å². The summed E-state index contributed by atoms with van der Waals surface area (Å²) in [5.74, 6) is -1.80. The minimum atomic E-state index is -1.33. The summed E-state index contributed by atoms with van der Waals surface area (Å²) in [6.07, 6.45) is -8.30. The van der Waals surface area contributed by atoms with Crippen LogP contribution in [0.3, 0.4) is 0 Å². The predicted octanol–water partition coefficient (Wildman–Crippen LogP) is 7.40. The molecule has 10 atom stereocenters. The molecule has 2 saturated heterocycles. The summed E-state index contributed by atoms with van der Waals surface area (Å²) in [7, 11) is 0. The van der Waals surface area contributed by atoms with Gasteiger partial charge in [0.25, 0.3) is 0 Å². The van der Waals surface area contributed by atoms with E-state index >= 15 is 0 Å². The van der Waals surface area contributed by atoms with Gasteiger partial charge in [-0.1, -0.05) is 109 Å². The van der Waals surface area contributed by atoms with E-state index in [4.69, 9.17) is 43.4 Å². The third kappa shape index (κ3) is 10.4. The van der Waals surface area contributed by atoms with Gasteiger partial charge in [0.05, 0.1) is 42.7 Å². The Balaban J connectivity index is 1.33. The van der Waals surface area contributed by atoms with Gasteiger partial charge in [0, 0.05) is 10.8 Å². The molecule has 0 aromatic heterocycles. The van der Waals surface area contributed by atoms with E-state index < -0.39 is 79.9 Å². The first-order valence-corrected chi connectivity index (χ1v) is 18.2. The maximum atomic E-state index is 13.6. The molecule has 0 bridgehead atoms. The molecule has 4 aromatic carbocycles. The second kappa shape index (κ2) is 19.5. The Bertz CT molecular complexity index is 1850. The van der Waals surface area contributed by atoms with Crippen LogP contribution in [0.25, 0.3) is 10.4 Å². The molecule has 2 heterocycles. The molecule has 13 nitrogen and oxygen atoms in total. The minimum Gasteiger partial charge on any atom is -0.453 e. The van der Waals surface area contributed by atoms with Crippen LogP contribution in [0.2, 0.25) is 0 Å². The average molecular weight is 752 g/mol. The number of ether oxygens (including phenoxy) is 8. The van der Waals surface area contributed by atoms with E-state index in [9.17, 15) is 9.59 Å². The second-order valence-corrected chi connectivity index (χ2v) is 13.4. The lowest BCUT2D eigenvalue weighted by Gasteiger charge is -2.48. The lowest BCUT2D eigenvalue weighted by Crippen LogP contribution is -2.63. The van der Waals surface area contributed by atoms with E-state index in [1.807, 2.05) is 74.5 Å². The molecule has 55 heavy (non-hydrogen) atoms. The van der Waals surface area contributed by atoms with E-state index in [0.29, 0.717) is 18.8 Å². The second-order valence-electron chi connectivity index (χ2n) is 13.4. The fourth-order valence-electron chi connectivity index (χ4n) is 6.67. The molecule has 2 fully saturated rings. The number of hydrogen-bond donors (Lipinski definition) is 0. The van der Waals surface area contributed by atoms with Gasteiger partial charge in [-0.3, -0.25) is 0 Å². The Morgan fingerprint density at radius 3 is 1.56 bits per heavy atom. The standard InChI is InChI=1S/C42H45N3O10/c1-27-34(48-24-30-16-8-4-9-17-30)35(49-25-31-18-10-5-11-19-31)28(2)51-41(27)55-37-36(53-39(46)32-20-12-6-13-21-32)29(3)52-42(50-26-44-45-43)38(37)54-40(47)33-22-14-7-15-23-33/h4-23,27-29,34-38,41-42H,24-26H2,1-3H3. The van der Waals surface area contributed by atoms with Gasteiger partial charge in [-0.15, -0.1) is 0 Å². The number of esters is 2. The summed E-state index contributed by atoms with van der Waals surface area (Å²) in [6, 6.07) is 36.5. The van der Waals surface area contributed by atoms with Crippen LogP contribution in [0.4, 0.5) is 0 Å². The Kier molecular flexibility index (Phi) is 14.0. The molecule has 0 spiro atoms. The lowest BCUT2D eigenvalue weighted by molar-refractivity contribution is -0.350. The van der Waals surface area contributed by atoms with Crippen molar-refractivity contribution < 1.29 is 47.5 Å².